The molecule has 0 atom stereocenters. The molecule has 2 aromatic carbocycles. The topological polar surface area (TPSA) is 73.8 Å². The first-order valence-corrected chi connectivity index (χ1v) is 6.62. The molecule has 3 aromatic rings. The maximum Gasteiger partial charge on any atom is 0.142 e. The average Bonchev–Trinajstić information content (AvgIpc) is 2.89. The van der Waals surface area contributed by atoms with Crippen LogP contribution in [0.5, 0.6) is 5.75 Å². The molecule has 106 valence electrons. The second-order valence-electron chi connectivity index (χ2n) is 4.77. The number of hydrogen-bond donors (Lipinski definition) is 3. The Morgan fingerprint density at radius 3 is 2.81 bits per heavy atom. The summed E-state index contributed by atoms with van der Waals surface area (Å²) in [5.41, 5.74) is 3.58. The van der Waals surface area contributed by atoms with Gasteiger partial charge in [-0.05, 0) is 37.3 Å². The standard InChI is InChI=1S/C16H16N4O/c1-10(17)18-11-7-8-13-14(9-11)20-16(19-13)12-5-3-4-6-15(12)21-2/h3-9H,1-2H3,(H2,17,18)(H,19,20). The Morgan fingerprint density at radius 2 is 2.05 bits per heavy atom. The van der Waals surface area contributed by atoms with Crippen LogP contribution < -0.4 is 10.1 Å². The maximum absolute atomic E-state index is 7.48. The first-order valence-electron chi connectivity index (χ1n) is 6.62. The van der Waals surface area contributed by atoms with E-state index in [2.05, 4.69) is 15.3 Å². The zero-order chi connectivity index (χ0) is 14.8. The van der Waals surface area contributed by atoms with Gasteiger partial charge in [-0.3, -0.25) is 5.41 Å². The van der Waals surface area contributed by atoms with Crippen LogP contribution in [0.3, 0.4) is 0 Å². The summed E-state index contributed by atoms with van der Waals surface area (Å²) < 4.78 is 5.37. The molecular formula is C16H16N4O. The number of rotatable bonds is 3. The summed E-state index contributed by atoms with van der Waals surface area (Å²) in [5.74, 6) is 1.95. The Hall–Kier alpha value is -2.82. The van der Waals surface area contributed by atoms with E-state index in [1.165, 1.54) is 0 Å². The second kappa shape index (κ2) is 5.28. The zero-order valence-corrected chi connectivity index (χ0v) is 11.9. The van der Waals surface area contributed by atoms with Crippen LogP contribution in [-0.4, -0.2) is 22.9 Å². The van der Waals surface area contributed by atoms with E-state index >= 15 is 0 Å². The van der Waals surface area contributed by atoms with Crippen LogP contribution in [-0.2, 0) is 0 Å². The zero-order valence-electron chi connectivity index (χ0n) is 11.9. The smallest absolute Gasteiger partial charge is 0.142 e. The van der Waals surface area contributed by atoms with Crippen LogP contribution >= 0.6 is 0 Å². The number of fused-ring (bicyclic) bond motifs is 1. The molecule has 0 aliphatic rings. The fraction of sp³-hybridized carbons (Fsp3) is 0.125. The van der Waals surface area contributed by atoms with E-state index in [4.69, 9.17) is 10.1 Å². The fourth-order valence-corrected chi connectivity index (χ4v) is 2.27. The van der Waals surface area contributed by atoms with E-state index in [0.29, 0.717) is 5.84 Å². The first kappa shape index (κ1) is 13.2. The highest BCUT2D eigenvalue weighted by molar-refractivity contribution is 5.93. The van der Waals surface area contributed by atoms with Crippen LogP contribution in [0.1, 0.15) is 6.92 Å². The Kier molecular flexibility index (Phi) is 3.31. The molecule has 1 aromatic heterocycles. The van der Waals surface area contributed by atoms with Gasteiger partial charge >= 0.3 is 0 Å². The lowest BCUT2D eigenvalue weighted by molar-refractivity contribution is 0.416. The molecule has 21 heavy (non-hydrogen) atoms. The summed E-state index contributed by atoms with van der Waals surface area (Å²) in [6.45, 7) is 1.70. The van der Waals surface area contributed by atoms with Gasteiger partial charge in [0, 0.05) is 5.69 Å². The molecule has 0 aliphatic heterocycles. The first-order chi connectivity index (χ1) is 10.2. The summed E-state index contributed by atoms with van der Waals surface area (Å²) >= 11 is 0. The van der Waals surface area contributed by atoms with Gasteiger partial charge in [-0.15, -0.1) is 0 Å². The Labute approximate surface area is 122 Å². The van der Waals surface area contributed by atoms with Gasteiger partial charge in [-0.1, -0.05) is 12.1 Å². The molecule has 1 heterocycles. The van der Waals surface area contributed by atoms with Crippen molar-refractivity contribution in [2.24, 2.45) is 0 Å². The third-order valence-corrected chi connectivity index (χ3v) is 3.18. The number of H-pyrrole nitrogens is 1. The van der Waals surface area contributed by atoms with Crippen molar-refractivity contribution in [1.82, 2.24) is 9.97 Å². The minimum absolute atomic E-state index is 0.398. The molecule has 0 saturated carbocycles. The van der Waals surface area contributed by atoms with Crippen LogP contribution in [0.4, 0.5) is 5.69 Å². The van der Waals surface area contributed by atoms with Crippen LogP contribution in [0.2, 0.25) is 0 Å². The molecule has 0 spiro atoms. The van der Waals surface area contributed by atoms with Crippen molar-refractivity contribution < 1.29 is 4.74 Å². The molecule has 0 bridgehead atoms. The minimum Gasteiger partial charge on any atom is -0.496 e. The molecule has 3 rings (SSSR count). The lowest BCUT2D eigenvalue weighted by Crippen LogP contribution is -2.04. The number of aromatic amines is 1. The van der Waals surface area contributed by atoms with Crippen molar-refractivity contribution in [3.63, 3.8) is 0 Å². The summed E-state index contributed by atoms with van der Waals surface area (Å²) in [5, 5.41) is 10.5. The number of amidine groups is 1. The van der Waals surface area contributed by atoms with Crippen LogP contribution in [0.15, 0.2) is 42.5 Å². The van der Waals surface area contributed by atoms with Crippen molar-refractivity contribution in [2.45, 2.75) is 6.92 Å². The van der Waals surface area contributed by atoms with Gasteiger partial charge in [0.15, 0.2) is 0 Å². The lowest BCUT2D eigenvalue weighted by atomic mass is 10.2. The average molecular weight is 280 g/mol. The molecule has 3 N–H and O–H groups in total. The molecule has 0 amide bonds. The van der Waals surface area contributed by atoms with Gasteiger partial charge in [-0.2, -0.15) is 0 Å². The second-order valence-corrected chi connectivity index (χ2v) is 4.77. The van der Waals surface area contributed by atoms with E-state index in [9.17, 15) is 0 Å². The number of benzene rings is 2. The van der Waals surface area contributed by atoms with Gasteiger partial charge < -0.3 is 15.0 Å². The third-order valence-electron chi connectivity index (χ3n) is 3.18. The number of ether oxygens (including phenoxy) is 1. The molecule has 0 saturated heterocycles. The number of anilines is 1. The molecule has 0 radical (unpaired) electrons. The molecule has 0 fully saturated rings. The Bertz CT molecular complexity index is 807. The van der Waals surface area contributed by atoms with Crippen molar-refractivity contribution >= 4 is 22.6 Å². The van der Waals surface area contributed by atoms with Gasteiger partial charge in [0.25, 0.3) is 0 Å². The van der Waals surface area contributed by atoms with Crippen molar-refractivity contribution in [3.8, 4) is 17.1 Å². The monoisotopic (exact) mass is 280 g/mol. The summed E-state index contributed by atoms with van der Waals surface area (Å²) in [6.07, 6.45) is 0. The highest BCUT2D eigenvalue weighted by atomic mass is 16.5. The fourth-order valence-electron chi connectivity index (χ4n) is 2.27. The van der Waals surface area contributed by atoms with E-state index in [1.54, 1.807) is 14.0 Å². The molecule has 5 nitrogen and oxygen atoms in total. The largest absolute Gasteiger partial charge is 0.496 e. The molecule has 0 unspecified atom stereocenters. The number of imidazole rings is 1. The van der Waals surface area contributed by atoms with Crippen molar-refractivity contribution in [1.29, 1.82) is 5.41 Å². The van der Waals surface area contributed by atoms with E-state index in [1.807, 2.05) is 42.5 Å². The highest BCUT2D eigenvalue weighted by Crippen LogP contribution is 2.29. The predicted octanol–water partition coefficient (Wildman–Crippen LogP) is 3.65. The van der Waals surface area contributed by atoms with E-state index < -0.39 is 0 Å². The third kappa shape index (κ3) is 2.58. The molecule has 5 heteroatoms. The van der Waals surface area contributed by atoms with Crippen molar-refractivity contribution in [2.75, 3.05) is 12.4 Å². The number of aromatic nitrogens is 2. The lowest BCUT2D eigenvalue weighted by Gasteiger charge is -2.04. The highest BCUT2D eigenvalue weighted by Gasteiger charge is 2.10. The van der Waals surface area contributed by atoms with E-state index in [-0.39, 0.29) is 0 Å². The molecular weight excluding hydrogens is 264 g/mol. The van der Waals surface area contributed by atoms with Crippen LogP contribution in [0, 0.1) is 5.41 Å². The molecule has 0 aliphatic carbocycles. The number of para-hydroxylation sites is 1. The Morgan fingerprint density at radius 1 is 1.24 bits per heavy atom. The van der Waals surface area contributed by atoms with Gasteiger partial charge in [-0.25, -0.2) is 4.98 Å². The van der Waals surface area contributed by atoms with Gasteiger partial charge in [0.2, 0.25) is 0 Å². The number of hydrogen-bond acceptors (Lipinski definition) is 3. The number of nitrogens with one attached hydrogen (secondary N) is 3. The predicted molar refractivity (Wildman–Crippen MR) is 85.1 cm³/mol. The normalized spacial score (nSPS) is 10.6. The van der Waals surface area contributed by atoms with Gasteiger partial charge in [0.1, 0.15) is 11.6 Å². The number of methoxy groups -OCH3 is 1. The SMILES string of the molecule is COc1ccccc1-c1nc2cc(NC(C)=N)ccc2[nH]1. The summed E-state index contributed by atoms with van der Waals surface area (Å²) in [7, 11) is 1.65. The number of nitrogens with zero attached hydrogens (tertiary/aromatic N) is 1. The summed E-state index contributed by atoms with van der Waals surface area (Å²) in [4.78, 5) is 7.91. The van der Waals surface area contributed by atoms with Crippen molar-refractivity contribution in [3.05, 3.63) is 42.5 Å². The quantitative estimate of drug-likeness (QED) is 0.506. The maximum atomic E-state index is 7.48. The summed E-state index contributed by atoms with van der Waals surface area (Å²) in [6, 6.07) is 13.6. The van der Waals surface area contributed by atoms with E-state index in [0.717, 1.165) is 33.9 Å². The minimum atomic E-state index is 0.398. The van der Waals surface area contributed by atoms with Gasteiger partial charge in [0.05, 0.1) is 29.5 Å². The van der Waals surface area contributed by atoms with Crippen LogP contribution in [0.25, 0.3) is 22.4 Å². The Balaban J connectivity index is 2.06.